The Labute approximate surface area is 238 Å². The standard InChI is InChI=1S/C31H36F2N4O4/c1-19-14-27(36-29(15-19)37-28-16-22(30(32)33)8-11-34-28)23-6-7-26(35-17-23)25(18-38)20-2-4-21(5-3-20)31(39)41-24-9-12-40-13-10-24/h6-8,11,14-17,20-21,24-25,30,38H,2-5,9-10,12-13,18H2,1H3,(H,34,36,37)/t20-,21-,25?. The number of ether oxygens (including phenoxy) is 2. The van der Waals surface area contributed by atoms with Crippen LogP contribution in [-0.2, 0) is 14.3 Å². The maximum Gasteiger partial charge on any atom is 0.309 e. The molecule has 1 aliphatic carbocycles. The number of halogens is 2. The molecule has 1 unspecified atom stereocenters. The van der Waals surface area contributed by atoms with Crippen LogP contribution in [0, 0.1) is 18.8 Å². The van der Waals surface area contributed by atoms with Gasteiger partial charge in [0.05, 0.1) is 31.4 Å². The fourth-order valence-electron chi connectivity index (χ4n) is 5.73. The summed E-state index contributed by atoms with van der Waals surface area (Å²) in [5.41, 5.74) is 3.11. The van der Waals surface area contributed by atoms with E-state index in [4.69, 9.17) is 9.47 Å². The number of aliphatic hydroxyl groups is 1. The number of aliphatic hydroxyl groups excluding tert-OH is 1. The number of carbonyl (C=O) groups is 1. The SMILES string of the molecule is Cc1cc(Nc2cc(C(F)F)ccn2)nc(-c2ccc(C(CO)[C@H]3CC[C@H](C(=O)OC4CCOCC4)CC3)nc2)c1. The Hall–Kier alpha value is -3.50. The number of anilines is 2. The maximum atomic E-state index is 13.1. The summed E-state index contributed by atoms with van der Waals surface area (Å²) in [5.74, 6) is 0.700. The van der Waals surface area contributed by atoms with Crippen LogP contribution in [-0.4, -0.2) is 52.0 Å². The van der Waals surface area contributed by atoms with E-state index in [1.54, 1.807) is 6.20 Å². The van der Waals surface area contributed by atoms with Crippen LogP contribution < -0.4 is 5.32 Å². The number of aromatic nitrogens is 3. The first-order chi connectivity index (χ1) is 19.9. The highest BCUT2D eigenvalue weighted by Gasteiger charge is 2.33. The third kappa shape index (κ3) is 7.42. The van der Waals surface area contributed by atoms with Crippen LogP contribution in [0.4, 0.5) is 20.4 Å². The van der Waals surface area contributed by atoms with Crippen molar-refractivity contribution in [2.75, 3.05) is 25.1 Å². The normalized spacial score (nSPS) is 20.5. The van der Waals surface area contributed by atoms with Crippen LogP contribution in [0.1, 0.15) is 67.7 Å². The summed E-state index contributed by atoms with van der Waals surface area (Å²) in [6, 6.07) is 10.2. The van der Waals surface area contributed by atoms with Gasteiger partial charge in [0.25, 0.3) is 6.43 Å². The van der Waals surface area contributed by atoms with E-state index in [9.17, 15) is 18.7 Å². The van der Waals surface area contributed by atoms with E-state index in [0.717, 1.165) is 55.3 Å². The highest BCUT2D eigenvalue weighted by atomic mass is 19.3. The van der Waals surface area contributed by atoms with Gasteiger partial charge < -0.3 is 19.9 Å². The van der Waals surface area contributed by atoms with Gasteiger partial charge >= 0.3 is 5.97 Å². The summed E-state index contributed by atoms with van der Waals surface area (Å²) in [4.78, 5) is 26.1. The second kappa shape index (κ2) is 13.4. The molecule has 218 valence electrons. The largest absolute Gasteiger partial charge is 0.462 e. The van der Waals surface area contributed by atoms with Crippen molar-refractivity contribution in [1.82, 2.24) is 15.0 Å². The van der Waals surface area contributed by atoms with Crippen molar-refractivity contribution in [3.63, 3.8) is 0 Å². The Kier molecular flexibility index (Phi) is 9.51. The molecule has 41 heavy (non-hydrogen) atoms. The summed E-state index contributed by atoms with van der Waals surface area (Å²) < 4.78 is 37.2. The van der Waals surface area contributed by atoms with E-state index in [1.165, 1.54) is 18.3 Å². The highest BCUT2D eigenvalue weighted by molar-refractivity contribution is 5.72. The van der Waals surface area contributed by atoms with Gasteiger partial charge in [-0.05, 0) is 80.5 Å². The molecule has 8 nitrogen and oxygen atoms in total. The van der Waals surface area contributed by atoms with E-state index in [1.807, 2.05) is 31.2 Å². The molecule has 1 saturated heterocycles. The van der Waals surface area contributed by atoms with Crippen molar-refractivity contribution in [2.24, 2.45) is 11.8 Å². The first kappa shape index (κ1) is 29.0. The van der Waals surface area contributed by atoms with Crippen molar-refractivity contribution in [2.45, 2.75) is 63.9 Å². The lowest BCUT2D eigenvalue weighted by molar-refractivity contribution is -0.159. The monoisotopic (exact) mass is 566 g/mol. The van der Waals surface area contributed by atoms with Crippen LogP contribution in [0.25, 0.3) is 11.3 Å². The minimum atomic E-state index is -2.58. The van der Waals surface area contributed by atoms with E-state index in [-0.39, 0.29) is 47.8 Å². The van der Waals surface area contributed by atoms with Gasteiger partial charge in [0.2, 0.25) is 0 Å². The number of nitrogens with zero attached hydrogens (tertiary/aromatic N) is 3. The van der Waals surface area contributed by atoms with Gasteiger partial charge in [-0.1, -0.05) is 0 Å². The Balaban J connectivity index is 1.22. The van der Waals surface area contributed by atoms with Crippen molar-refractivity contribution in [3.8, 4) is 11.3 Å². The Morgan fingerprint density at radius 3 is 2.51 bits per heavy atom. The quantitative estimate of drug-likeness (QED) is 0.298. The molecule has 1 saturated carbocycles. The Bertz CT molecular complexity index is 1310. The summed E-state index contributed by atoms with van der Waals surface area (Å²) in [6.07, 6.45) is 5.15. The van der Waals surface area contributed by atoms with Crippen molar-refractivity contribution < 1.29 is 28.2 Å². The molecular weight excluding hydrogens is 530 g/mol. The lowest BCUT2D eigenvalue weighted by Crippen LogP contribution is -2.32. The van der Waals surface area contributed by atoms with Crippen LogP contribution in [0.3, 0.4) is 0 Å². The molecule has 0 amide bonds. The molecule has 5 rings (SSSR count). The zero-order valence-corrected chi connectivity index (χ0v) is 23.1. The zero-order chi connectivity index (χ0) is 28.8. The number of esters is 1. The molecule has 4 heterocycles. The number of aryl methyl sites for hydroxylation is 1. The molecule has 1 atom stereocenters. The lowest BCUT2D eigenvalue weighted by atomic mass is 9.75. The van der Waals surface area contributed by atoms with Crippen molar-refractivity contribution >= 4 is 17.6 Å². The number of carbonyl (C=O) groups excluding carboxylic acids is 1. The number of alkyl halides is 2. The summed E-state index contributed by atoms with van der Waals surface area (Å²) in [5, 5.41) is 13.3. The van der Waals surface area contributed by atoms with Crippen LogP contribution >= 0.6 is 0 Å². The molecule has 0 aromatic carbocycles. The zero-order valence-electron chi connectivity index (χ0n) is 23.1. The fraction of sp³-hybridized carbons (Fsp3) is 0.484. The first-order valence-corrected chi connectivity index (χ1v) is 14.2. The summed E-state index contributed by atoms with van der Waals surface area (Å²) in [7, 11) is 0. The number of pyridine rings is 3. The van der Waals surface area contributed by atoms with E-state index in [2.05, 4.69) is 20.3 Å². The number of nitrogens with one attached hydrogen (secondary N) is 1. The molecule has 3 aromatic heterocycles. The molecule has 3 aromatic rings. The average Bonchev–Trinajstić information content (AvgIpc) is 2.98. The Morgan fingerprint density at radius 2 is 1.83 bits per heavy atom. The molecule has 10 heteroatoms. The van der Waals surface area contributed by atoms with Crippen LogP contribution in [0.5, 0.6) is 0 Å². The summed E-state index contributed by atoms with van der Waals surface area (Å²) in [6.45, 7) is 3.19. The Morgan fingerprint density at radius 1 is 1.05 bits per heavy atom. The van der Waals surface area contributed by atoms with Gasteiger partial charge in [-0.25, -0.2) is 18.7 Å². The topological polar surface area (TPSA) is 106 Å². The third-order valence-electron chi connectivity index (χ3n) is 8.05. The smallest absolute Gasteiger partial charge is 0.309 e. The molecular formula is C31H36F2N4O4. The molecule has 2 fully saturated rings. The highest BCUT2D eigenvalue weighted by Crippen LogP contribution is 2.38. The lowest BCUT2D eigenvalue weighted by Gasteiger charge is -2.33. The van der Waals surface area contributed by atoms with Crippen LogP contribution in [0.2, 0.25) is 0 Å². The summed E-state index contributed by atoms with van der Waals surface area (Å²) >= 11 is 0. The fourth-order valence-corrected chi connectivity index (χ4v) is 5.73. The van der Waals surface area contributed by atoms with Gasteiger partial charge in [-0.15, -0.1) is 0 Å². The van der Waals surface area contributed by atoms with Crippen LogP contribution in [0.15, 0.2) is 48.8 Å². The molecule has 2 aliphatic rings. The second-order valence-corrected chi connectivity index (χ2v) is 10.9. The molecule has 2 N–H and O–H groups in total. The third-order valence-corrected chi connectivity index (χ3v) is 8.05. The predicted molar refractivity (Wildman–Crippen MR) is 150 cm³/mol. The number of rotatable bonds is 9. The van der Waals surface area contributed by atoms with E-state index >= 15 is 0 Å². The van der Waals surface area contributed by atoms with Gasteiger partial charge in [0.15, 0.2) is 0 Å². The molecule has 0 spiro atoms. The predicted octanol–water partition coefficient (Wildman–Crippen LogP) is 6.13. The molecule has 0 bridgehead atoms. The maximum absolute atomic E-state index is 13.1. The van der Waals surface area contributed by atoms with Gasteiger partial charge in [0, 0.05) is 48.0 Å². The minimum absolute atomic E-state index is 0.0182. The number of hydrogen-bond acceptors (Lipinski definition) is 8. The van der Waals surface area contributed by atoms with Crippen molar-refractivity contribution in [1.29, 1.82) is 0 Å². The van der Waals surface area contributed by atoms with Crippen molar-refractivity contribution in [3.05, 3.63) is 65.6 Å². The average molecular weight is 567 g/mol. The van der Waals surface area contributed by atoms with Gasteiger partial charge in [-0.2, -0.15) is 0 Å². The first-order valence-electron chi connectivity index (χ1n) is 14.2. The van der Waals surface area contributed by atoms with E-state index in [0.29, 0.717) is 24.7 Å². The van der Waals surface area contributed by atoms with E-state index < -0.39 is 6.43 Å². The van der Waals surface area contributed by atoms with Gasteiger partial charge in [0.1, 0.15) is 17.7 Å². The van der Waals surface area contributed by atoms with Gasteiger partial charge in [-0.3, -0.25) is 9.78 Å². The number of hydrogen-bond donors (Lipinski definition) is 2. The molecule has 1 aliphatic heterocycles. The second-order valence-electron chi connectivity index (χ2n) is 10.9. The molecule has 0 radical (unpaired) electrons. The minimum Gasteiger partial charge on any atom is -0.462 e.